The number of alkyl halides is 2. The Labute approximate surface area is 202 Å². The Hall–Kier alpha value is -1.62. The SMILES string of the molecule is CCC1(OC(=O)C2C3CC4C(CC(=O)C42)C3OC(=O)C(F)(F)S(=O)(=O)O)C2CC3CC(C2)CC1C3. The highest BCUT2D eigenvalue weighted by molar-refractivity contribution is 7.87. The molecule has 7 rings (SSSR count). The third-order valence-corrected chi connectivity index (χ3v) is 11.3. The zero-order valence-electron chi connectivity index (χ0n) is 19.4. The van der Waals surface area contributed by atoms with Gasteiger partial charge in [0.05, 0.1) is 5.92 Å². The molecule has 194 valence electrons. The fourth-order valence-electron chi connectivity index (χ4n) is 9.40. The monoisotopic (exact) mass is 516 g/mol. The third kappa shape index (κ3) is 3.15. The van der Waals surface area contributed by atoms with Crippen LogP contribution in [0.2, 0.25) is 0 Å². The number of rotatable bonds is 6. The first-order chi connectivity index (χ1) is 16.4. The van der Waals surface area contributed by atoms with Crippen molar-refractivity contribution in [1.82, 2.24) is 0 Å². The average molecular weight is 517 g/mol. The maximum Gasteiger partial charge on any atom is 0.465 e. The van der Waals surface area contributed by atoms with Crippen LogP contribution in [0.3, 0.4) is 0 Å². The maximum atomic E-state index is 13.9. The Morgan fingerprint density at radius 2 is 1.63 bits per heavy atom. The highest BCUT2D eigenvalue weighted by Crippen LogP contribution is 2.64. The number of halogens is 2. The van der Waals surface area contributed by atoms with Crippen LogP contribution in [0.1, 0.15) is 58.3 Å². The van der Waals surface area contributed by atoms with E-state index in [1.807, 2.05) is 6.92 Å². The van der Waals surface area contributed by atoms with E-state index < -0.39 is 62.7 Å². The van der Waals surface area contributed by atoms with E-state index in [1.165, 1.54) is 6.42 Å². The van der Waals surface area contributed by atoms with E-state index in [4.69, 9.17) is 14.0 Å². The Kier molecular flexibility index (Phi) is 5.06. The number of carbonyl (C=O) groups excluding carboxylic acids is 3. The smallest absolute Gasteiger partial charge is 0.458 e. The van der Waals surface area contributed by atoms with Gasteiger partial charge in [0.2, 0.25) is 0 Å². The largest absolute Gasteiger partial charge is 0.465 e. The second-order valence-corrected chi connectivity index (χ2v) is 13.3. The molecular formula is C24H30F2O8S. The van der Waals surface area contributed by atoms with Crippen molar-refractivity contribution >= 4 is 27.8 Å². The average Bonchev–Trinajstić information content (AvgIpc) is 3.38. The number of hydrogen-bond donors (Lipinski definition) is 1. The molecule has 6 atom stereocenters. The van der Waals surface area contributed by atoms with Crippen molar-refractivity contribution in [3.8, 4) is 0 Å². The Balaban J connectivity index is 1.26. The van der Waals surface area contributed by atoms with Gasteiger partial charge in [0.1, 0.15) is 17.5 Å². The van der Waals surface area contributed by atoms with E-state index >= 15 is 0 Å². The topological polar surface area (TPSA) is 124 Å². The second kappa shape index (κ2) is 7.46. The van der Waals surface area contributed by atoms with E-state index in [-0.39, 0.29) is 30.0 Å². The van der Waals surface area contributed by atoms with Crippen LogP contribution < -0.4 is 0 Å². The van der Waals surface area contributed by atoms with E-state index in [9.17, 15) is 31.6 Å². The first-order valence-corrected chi connectivity index (χ1v) is 14.1. The van der Waals surface area contributed by atoms with Crippen molar-refractivity contribution in [3.63, 3.8) is 0 Å². The van der Waals surface area contributed by atoms with Crippen LogP contribution in [0.25, 0.3) is 0 Å². The van der Waals surface area contributed by atoms with Gasteiger partial charge in [0.15, 0.2) is 0 Å². The summed E-state index contributed by atoms with van der Waals surface area (Å²) >= 11 is 0. The molecule has 0 aliphatic heterocycles. The normalized spacial score (nSPS) is 47.4. The lowest BCUT2D eigenvalue weighted by molar-refractivity contribution is -0.218. The van der Waals surface area contributed by atoms with Gasteiger partial charge in [-0.15, -0.1) is 0 Å². The molecule has 7 saturated carbocycles. The number of carbonyl (C=O) groups is 3. The van der Waals surface area contributed by atoms with Crippen molar-refractivity contribution in [2.75, 3.05) is 0 Å². The Bertz CT molecular complexity index is 1060. The van der Waals surface area contributed by atoms with Crippen LogP contribution in [0.4, 0.5) is 8.78 Å². The Morgan fingerprint density at radius 1 is 1.03 bits per heavy atom. The first kappa shape index (κ1) is 23.8. The van der Waals surface area contributed by atoms with Gasteiger partial charge in [-0.2, -0.15) is 17.2 Å². The first-order valence-electron chi connectivity index (χ1n) is 12.7. The van der Waals surface area contributed by atoms with Gasteiger partial charge in [0.25, 0.3) is 0 Å². The molecule has 1 N–H and O–H groups in total. The summed E-state index contributed by atoms with van der Waals surface area (Å²) in [7, 11) is -6.02. The fraction of sp³-hybridized carbons (Fsp3) is 0.875. The number of Topliss-reactive ketones (excluding diaryl/α,β-unsaturated/α-hetero) is 1. The molecule has 0 heterocycles. The van der Waals surface area contributed by atoms with Crippen LogP contribution in [-0.2, 0) is 34.0 Å². The molecule has 7 aliphatic rings. The molecule has 6 bridgehead atoms. The number of ether oxygens (including phenoxy) is 2. The summed E-state index contributed by atoms with van der Waals surface area (Å²) in [5.41, 5.74) is -0.586. The van der Waals surface area contributed by atoms with Crippen molar-refractivity contribution in [3.05, 3.63) is 0 Å². The summed E-state index contributed by atoms with van der Waals surface area (Å²) < 4.78 is 69.9. The maximum absolute atomic E-state index is 13.9. The standard InChI is InChI=1S/C24H30F2O8S/c1-2-23(12-4-10-3-11(6-12)7-13(23)5-10)34-21(28)19-16-8-14-15(9-17(27)18(14)19)20(16)33-22(29)24(25,26)35(30,31)32/h10-16,18-20H,2-9H2,1H3,(H,30,31,32). The molecule has 0 aromatic carbocycles. The summed E-state index contributed by atoms with van der Waals surface area (Å²) in [6.07, 6.45) is 5.17. The molecule has 7 fully saturated rings. The van der Waals surface area contributed by atoms with Gasteiger partial charge in [0, 0.05) is 24.2 Å². The molecule has 11 heteroatoms. The molecule has 35 heavy (non-hydrogen) atoms. The van der Waals surface area contributed by atoms with E-state index in [0.29, 0.717) is 24.7 Å². The van der Waals surface area contributed by atoms with Crippen LogP contribution in [-0.4, -0.2) is 47.7 Å². The summed E-state index contributed by atoms with van der Waals surface area (Å²) in [6.45, 7) is 2.02. The molecule has 0 aromatic rings. The molecule has 0 radical (unpaired) electrons. The zero-order chi connectivity index (χ0) is 25.1. The minimum atomic E-state index is -6.02. The fourth-order valence-corrected chi connectivity index (χ4v) is 9.66. The molecule has 8 nitrogen and oxygen atoms in total. The summed E-state index contributed by atoms with van der Waals surface area (Å²) in [5, 5.41) is -5.13. The molecule has 6 unspecified atom stereocenters. The molecular weight excluding hydrogens is 486 g/mol. The minimum absolute atomic E-state index is 0.0153. The van der Waals surface area contributed by atoms with Crippen LogP contribution in [0, 0.1) is 53.3 Å². The summed E-state index contributed by atoms with van der Waals surface area (Å²) in [5.74, 6) is -4.18. The number of fused-ring (bicyclic) bond motifs is 1. The van der Waals surface area contributed by atoms with Gasteiger partial charge in [-0.05, 0) is 74.5 Å². The Morgan fingerprint density at radius 3 is 2.17 bits per heavy atom. The van der Waals surface area contributed by atoms with Crippen molar-refractivity contribution in [2.24, 2.45) is 53.3 Å². The van der Waals surface area contributed by atoms with Crippen LogP contribution in [0.15, 0.2) is 0 Å². The summed E-state index contributed by atoms with van der Waals surface area (Å²) in [6, 6.07) is 0. The third-order valence-electron chi connectivity index (χ3n) is 10.5. The predicted octanol–water partition coefficient (Wildman–Crippen LogP) is 3.00. The zero-order valence-corrected chi connectivity index (χ0v) is 20.2. The van der Waals surface area contributed by atoms with Crippen LogP contribution >= 0.6 is 0 Å². The lowest BCUT2D eigenvalue weighted by Crippen LogP contribution is -2.60. The van der Waals surface area contributed by atoms with E-state index in [2.05, 4.69) is 0 Å². The van der Waals surface area contributed by atoms with Crippen LogP contribution in [0.5, 0.6) is 0 Å². The molecule has 0 saturated heterocycles. The predicted molar refractivity (Wildman–Crippen MR) is 114 cm³/mol. The molecule has 7 aliphatic carbocycles. The highest BCUT2D eigenvalue weighted by atomic mass is 32.2. The quantitative estimate of drug-likeness (QED) is 0.422. The van der Waals surface area contributed by atoms with E-state index in [1.54, 1.807) is 0 Å². The lowest BCUT2D eigenvalue weighted by Gasteiger charge is -2.60. The lowest BCUT2D eigenvalue weighted by atomic mass is 9.49. The molecule has 0 spiro atoms. The highest BCUT2D eigenvalue weighted by Gasteiger charge is 2.70. The van der Waals surface area contributed by atoms with Gasteiger partial charge in [-0.1, -0.05) is 6.92 Å². The van der Waals surface area contributed by atoms with Gasteiger partial charge >= 0.3 is 27.3 Å². The van der Waals surface area contributed by atoms with E-state index in [0.717, 1.165) is 25.7 Å². The molecule has 0 amide bonds. The molecule has 0 aromatic heterocycles. The van der Waals surface area contributed by atoms with Gasteiger partial charge < -0.3 is 9.47 Å². The minimum Gasteiger partial charge on any atom is -0.458 e. The van der Waals surface area contributed by atoms with Crippen molar-refractivity contribution in [1.29, 1.82) is 0 Å². The number of ketones is 1. The summed E-state index contributed by atoms with van der Waals surface area (Å²) in [4.78, 5) is 38.6. The van der Waals surface area contributed by atoms with Gasteiger partial charge in [-0.3, -0.25) is 14.1 Å². The second-order valence-electron chi connectivity index (χ2n) is 11.8. The number of hydrogen-bond acceptors (Lipinski definition) is 7. The van der Waals surface area contributed by atoms with Crippen molar-refractivity contribution < 1.29 is 45.6 Å². The van der Waals surface area contributed by atoms with Gasteiger partial charge in [-0.25, -0.2) is 4.79 Å². The number of esters is 2. The van der Waals surface area contributed by atoms with Crippen molar-refractivity contribution in [2.45, 2.75) is 75.2 Å².